The third-order valence-electron chi connectivity index (χ3n) is 4.24. The molecule has 0 saturated heterocycles. The SMILES string of the molecule is Cc1c(NC(=O)CSc2nnnn2C2CCCC2)cccc1[N+](=O)[O-]. The summed E-state index contributed by atoms with van der Waals surface area (Å²) in [6, 6.07) is 4.91. The van der Waals surface area contributed by atoms with Crippen molar-refractivity contribution < 1.29 is 9.72 Å². The van der Waals surface area contributed by atoms with Gasteiger partial charge in [-0.05, 0) is 36.3 Å². The third kappa shape index (κ3) is 3.95. The first-order chi connectivity index (χ1) is 12.1. The number of nitrogens with one attached hydrogen (secondary N) is 1. The lowest BCUT2D eigenvalue weighted by atomic mass is 10.1. The van der Waals surface area contributed by atoms with Crippen LogP contribution in [0.4, 0.5) is 11.4 Å². The number of carbonyl (C=O) groups is 1. The Kier molecular flexibility index (Phi) is 5.27. The van der Waals surface area contributed by atoms with Crippen LogP contribution in [-0.4, -0.2) is 36.8 Å². The van der Waals surface area contributed by atoms with Crippen LogP contribution >= 0.6 is 11.8 Å². The van der Waals surface area contributed by atoms with Crippen LogP contribution in [0.25, 0.3) is 0 Å². The number of carbonyl (C=O) groups excluding carboxylic acids is 1. The van der Waals surface area contributed by atoms with Crippen molar-refractivity contribution in [1.29, 1.82) is 0 Å². The first kappa shape index (κ1) is 17.3. The number of thioether (sulfide) groups is 1. The number of nitro benzene ring substituents is 1. The maximum Gasteiger partial charge on any atom is 0.274 e. The number of hydrogen-bond donors (Lipinski definition) is 1. The standard InChI is InChI=1S/C15H18N6O3S/c1-10-12(7-4-8-13(10)21(23)24)16-14(22)9-25-15-17-18-19-20(15)11-5-2-3-6-11/h4,7-8,11H,2-3,5-6,9H2,1H3,(H,16,22). The van der Waals surface area contributed by atoms with Gasteiger partial charge < -0.3 is 5.32 Å². The van der Waals surface area contributed by atoms with Crippen LogP contribution in [0, 0.1) is 17.0 Å². The van der Waals surface area contributed by atoms with Crippen LogP contribution in [0.2, 0.25) is 0 Å². The fourth-order valence-corrected chi connectivity index (χ4v) is 3.68. The summed E-state index contributed by atoms with van der Waals surface area (Å²) in [7, 11) is 0. The monoisotopic (exact) mass is 362 g/mol. The molecule has 1 fully saturated rings. The maximum atomic E-state index is 12.2. The zero-order valence-corrected chi connectivity index (χ0v) is 14.5. The summed E-state index contributed by atoms with van der Waals surface area (Å²) in [6.45, 7) is 1.61. The number of rotatable bonds is 6. The summed E-state index contributed by atoms with van der Waals surface area (Å²) in [5, 5.41) is 26.0. The predicted octanol–water partition coefficient (Wildman–Crippen LogP) is 2.74. The predicted molar refractivity (Wildman–Crippen MR) is 92.5 cm³/mol. The van der Waals surface area contributed by atoms with Gasteiger partial charge in [0.2, 0.25) is 11.1 Å². The average Bonchev–Trinajstić information content (AvgIpc) is 3.25. The summed E-state index contributed by atoms with van der Waals surface area (Å²) in [5.41, 5.74) is 0.854. The fourth-order valence-electron chi connectivity index (χ4n) is 2.93. The minimum Gasteiger partial charge on any atom is -0.325 e. The number of amides is 1. The zero-order chi connectivity index (χ0) is 17.8. The molecule has 9 nitrogen and oxygen atoms in total. The number of hydrogen-bond acceptors (Lipinski definition) is 7. The average molecular weight is 362 g/mol. The molecule has 0 radical (unpaired) electrons. The van der Waals surface area contributed by atoms with Crippen molar-refractivity contribution in [3.05, 3.63) is 33.9 Å². The van der Waals surface area contributed by atoms with E-state index in [1.807, 2.05) is 0 Å². The minimum absolute atomic E-state index is 0.0179. The topological polar surface area (TPSA) is 116 Å². The lowest BCUT2D eigenvalue weighted by Gasteiger charge is -2.11. The second kappa shape index (κ2) is 7.60. The number of tetrazole rings is 1. The van der Waals surface area contributed by atoms with Crippen molar-refractivity contribution in [3.8, 4) is 0 Å². The summed E-state index contributed by atoms with van der Waals surface area (Å²) in [4.78, 5) is 22.7. The molecule has 1 aromatic heterocycles. The van der Waals surface area contributed by atoms with Crippen LogP contribution in [0.1, 0.15) is 37.3 Å². The molecular formula is C15H18N6O3S. The number of aromatic nitrogens is 4. The molecule has 2 aromatic rings. The first-order valence-electron chi connectivity index (χ1n) is 8.01. The smallest absolute Gasteiger partial charge is 0.274 e. The second-order valence-corrected chi connectivity index (χ2v) is 6.83. The van der Waals surface area contributed by atoms with Gasteiger partial charge >= 0.3 is 0 Å². The van der Waals surface area contributed by atoms with E-state index in [0.717, 1.165) is 12.8 Å². The Hall–Kier alpha value is -2.49. The fraction of sp³-hybridized carbons (Fsp3) is 0.467. The van der Waals surface area contributed by atoms with Crippen molar-refractivity contribution in [2.75, 3.05) is 11.1 Å². The van der Waals surface area contributed by atoms with Gasteiger partial charge in [0.1, 0.15) is 0 Å². The molecule has 10 heteroatoms. The van der Waals surface area contributed by atoms with E-state index in [-0.39, 0.29) is 17.3 Å². The van der Waals surface area contributed by atoms with Crippen molar-refractivity contribution >= 4 is 29.0 Å². The molecule has 25 heavy (non-hydrogen) atoms. The Balaban J connectivity index is 1.62. The number of nitro groups is 1. The zero-order valence-electron chi connectivity index (χ0n) is 13.7. The second-order valence-electron chi connectivity index (χ2n) is 5.89. The van der Waals surface area contributed by atoms with Gasteiger partial charge in [0, 0.05) is 6.07 Å². The van der Waals surface area contributed by atoms with E-state index in [4.69, 9.17) is 0 Å². The molecule has 132 valence electrons. The summed E-state index contributed by atoms with van der Waals surface area (Å²) in [6.07, 6.45) is 4.44. The molecule has 0 unspecified atom stereocenters. The van der Waals surface area contributed by atoms with E-state index in [0.29, 0.717) is 22.4 Å². The number of anilines is 1. The van der Waals surface area contributed by atoms with Gasteiger partial charge in [-0.15, -0.1) is 5.10 Å². The summed E-state index contributed by atoms with van der Waals surface area (Å²) >= 11 is 1.27. The van der Waals surface area contributed by atoms with E-state index >= 15 is 0 Å². The van der Waals surface area contributed by atoms with Crippen LogP contribution in [-0.2, 0) is 4.79 Å². The number of benzene rings is 1. The van der Waals surface area contributed by atoms with E-state index in [9.17, 15) is 14.9 Å². The highest BCUT2D eigenvalue weighted by atomic mass is 32.2. The van der Waals surface area contributed by atoms with Gasteiger partial charge in [0.25, 0.3) is 5.69 Å². The summed E-state index contributed by atoms with van der Waals surface area (Å²) < 4.78 is 1.80. The highest BCUT2D eigenvalue weighted by Gasteiger charge is 2.22. The quantitative estimate of drug-likeness (QED) is 0.477. The van der Waals surface area contributed by atoms with Crippen LogP contribution in [0.3, 0.4) is 0 Å². The van der Waals surface area contributed by atoms with Crippen molar-refractivity contribution in [2.24, 2.45) is 0 Å². The Bertz CT molecular complexity index is 787. The van der Waals surface area contributed by atoms with Gasteiger partial charge in [0.15, 0.2) is 0 Å². The van der Waals surface area contributed by atoms with Gasteiger partial charge in [-0.2, -0.15) is 0 Å². The Labute approximate surface area is 148 Å². The van der Waals surface area contributed by atoms with E-state index in [2.05, 4.69) is 20.8 Å². The highest BCUT2D eigenvalue weighted by molar-refractivity contribution is 7.99. The molecule has 1 N–H and O–H groups in total. The van der Waals surface area contributed by atoms with Crippen LogP contribution in [0.5, 0.6) is 0 Å². The molecule has 0 atom stereocenters. The van der Waals surface area contributed by atoms with E-state index < -0.39 is 4.92 Å². The molecule has 1 aliphatic carbocycles. The maximum absolute atomic E-state index is 12.2. The van der Waals surface area contributed by atoms with Gasteiger partial charge in [0.05, 0.1) is 28.0 Å². The molecule has 1 heterocycles. The molecular weight excluding hydrogens is 344 g/mol. The van der Waals surface area contributed by atoms with Crippen LogP contribution in [0.15, 0.2) is 23.4 Å². The molecule has 1 saturated carbocycles. The largest absolute Gasteiger partial charge is 0.325 e. The molecule has 1 aliphatic rings. The highest BCUT2D eigenvalue weighted by Crippen LogP contribution is 2.31. The number of nitrogens with zero attached hydrogens (tertiary/aromatic N) is 5. The van der Waals surface area contributed by atoms with Crippen LogP contribution < -0.4 is 5.32 Å². The molecule has 3 rings (SSSR count). The van der Waals surface area contributed by atoms with E-state index in [1.165, 1.54) is 30.7 Å². The Morgan fingerprint density at radius 3 is 2.92 bits per heavy atom. The van der Waals surface area contributed by atoms with Gasteiger partial charge in [-0.1, -0.05) is 30.7 Å². The van der Waals surface area contributed by atoms with Crippen molar-refractivity contribution in [2.45, 2.75) is 43.8 Å². The lowest BCUT2D eigenvalue weighted by molar-refractivity contribution is -0.385. The molecule has 0 spiro atoms. The Morgan fingerprint density at radius 2 is 2.20 bits per heavy atom. The molecule has 1 amide bonds. The third-order valence-corrected chi connectivity index (χ3v) is 5.17. The van der Waals surface area contributed by atoms with Crippen molar-refractivity contribution in [1.82, 2.24) is 20.2 Å². The molecule has 0 aliphatic heterocycles. The van der Waals surface area contributed by atoms with Gasteiger partial charge in [-0.25, -0.2) is 4.68 Å². The normalized spacial score (nSPS) is 14.6. The summed E-state index contributed by atoms with van der Waals surface area (Å²) in [5.74, 6) is -0.121. The molecule has 1 aromatic carbocycles. The molecule has 0 bridgehead atoms. The van der Waals surface area contributed by atoms with E-state index in [1.54, 1.807) is 23.7 Å². The van der Waals surface area contributed by atoms with Gasteiger partial charge in [-0.3, -0.25) is 14.9 Å². The first-order valence-corrected chi connectivity index (χ1v) is 8.99. The Morgan fingerprint density at radius 1 is 1.44 bits per heavy atom. The van der Waals surface area contributed by atoms with Crippen molar-refractivity contribution in [3.63, 3.8) is 0 Å². The minimum atomic E-state index is -0.463. The lowest BCUT2D eigenvalue weighted by Crippen LogP contribution is -2.16.